The van der Waals surface area contributed by atoms with Gasteiger partial charge >= 0.3 is 30.0 Å². The zero-order valence-electron chi connectivity index (χ0n) is 9.60. The number of halogens is 7. The Hall–Kier alpha value is -1.36. The third kappa shape index (κ3) is 2.24. The summed E-state index contributed by atoms with van der Waals surface area (Å²) in [4.78, 5) is 10.9. The van der Waals surface area contributed by atoms with Crippen LogP contribution in [0.15, 0.2) is 12.2 Å². The second-order valence-corrected chi connectivity index (χ2v) is 3.99. The zero-order chi connectivity index (χ0) is 16.1. The molecule has 116 valence electrons. The van der Waals surface area contributed by atoms with E-state index in [1.807, 2.05) is 0 Å². The summed E-state index contributed by atoms with van der Waals surface area (Å²) in [5.41, 5.74) is -0.612. The Labute approximate surface area is 106 Å². The Kier molecular flexibility index (Phi) is 3.60. The van der Waals surface area contributed by atoms with E-state index in [4.69, 9.17) is 5.11 Å². The second kappa shape index (κ2) is 4.32. The fourth-order valence-electron chi connectivity index (χ4n) is 1.30. The molecule has 1 fully saturated rings. The highest BCUT2D eigenvalue weighted by Gasteiger charge is 2.86. The van der Waals surface area contributed by atoms with Crippen molar-refractivity contribution in [1.29, 1.82) is 0 Å². The number of carbonyl (C=O) groups is 1. The molecule has 0 amide bonds. The van der Waals surface area contributed by atoms with Gasteiger partial charge in [0.2, 0.25) is 0 Å². The van der Waals surface area contributed by atoms with E-state index in [9.17, 15) is 35.5 Å². The van der Waals surface area contributed by atoms with Gasteiger partial charge in [-0.3, -0.25) is 4.74 Å². The number of alkyl halides is 7. The van der Waals surface area contributed by atoms with E-state index in [0.717, 1.165) is 6.92 Å². The Morgan fingerprint density at radius 2 is 1.75 bits per heavy atom. The van der Waals surface area contributed by atoms with Gasteiger partial charge in [0.1, 0.15) is 0 Å². The van der Waals surface area contributed by atoms with Crippen molar-refractivity contribution >= 4 is 5.97 Å². The molecule has 2 atom stereocenters. The van der Waals surface area contributed by atoms with Crippen molar-refractivity contribution in [2.45, 2.75) is 37.0 Å². The number of esters is 1. The summed E-state index contributed by atoms with van der Waals surface area (Å²) in [5, 5.41) is 8.72. The van der Waals surface area contributed by atoms with Gasteiger partial charge in [0, 0.05) is 5.57 Å². The van der Waals surface area contributed by atoms with Gasteiger partial charge in [-0.2, -0.15) is 30.7 Å². The molecule has 1 saturated heterocycles. The first-order chi connectivity index (χ1) is 8.67. The molecule has 4 nitrogen and oxygen atoms in total. The average Bonchev–Trinajstić information content (AvgIpc) is 2.34. The van der Waals surface area contributed by atoms with E-state index in [-0.39, 0.29) is 0 Å². The normalized spacial score (nSPS) is 31.9. The minimum Gasteiger partial charge on any atom is -0.443 e. The monoisotopic (exact) mass is 312 g/mol. The maximum Gasteiger partial charge on any atom is 0.450 e. The summed E-state index contributed by atoms with van der Waals surface area (Å²) in [7, 11) is 0. The summed E-state index contributed by atoms with van der Waals surface area (Å²) in [5.74, 6) is -12.9. The zero-order valence-corrected chi connectivity index (χ0v) is 9.60. The fraction of sp³-hybridized carbons (Fsp3) is 0.667. The van der Waals surface area contributed by atoms with Crippen molar-refractivity contribution in [3.63, 3.8) is 0 Å². The lowest BCUT2D eigenvalue weighted by Gasteiger charge is -2.29. The van der Waals surface area contributed by atoms with Crippen LogP contribution < -0.4 is 0 Å². The second-order valence-electron chi connectivity index (χ2n) is 3.99. The first-order valence-electron chi connectivity index (χ1n) is 4.78. The van der Waals surface area contributed by atoms with Crippen LogP contribution in [0.5, 0.6) is 0 Å². The molecular weight excluding hydrogens is 305 g/mol. The topological polar surface area (TPSA) is 55.8 Å². The van der Waals surface area contributed by atoms with Gasteiger partial charge in [-0.1, -0.05) is 6.58 Å². The van der Waals surface area contributed by atoms with Crippen molar-refractivity contribution in [2.24, 2.45) is 0 Å². The van der Waals surface area contributed by atoms with E-state index < -0.39 is 41.6 Å². The van der Waals surface area contributed by atoms with Crippen LogP contribution >= 0.6 is 0 Å². The van der Waals surface area contributed by atoms with Crippen molar-refractivity contribution < 1.29 is 50.1 Å². The van der Waals surface area contributed by atoms with Gasteiger partial charge in [0.15, 0.2) is 0 Å². The van der Waals surface area contributed by atoms with Crippen LogP contribution in [0, 0.1) is 0 Å². The standard InChI is InChI=1S/C9H7F7O4/c1-3(2)4(17)19-5-6(10,11)8(18,9(14,15)16)20-7(5,12)13/h5,18H,1H2,2H3. The summed E-state index contributed by atoms with van der Waals surface area (Å²) in [6, 6.07) is 0. The molecular formula is C9H7F7O4. The number of hydrogen-bond acceptors (Lipinski definition) is 4. The maximum atomic E-state index is 13.4. The molecule has 1 rings (SSSR count). The average molecular weight is 312 g/mol. The summed E-state index contributed by atoms with van der Waals surface area (Å²) in [6.07, 6.45) is -15.4. The van der Waals surface area contributed by atoms with Crippen LogP contribution in [-0.4, -0.2) is 41.2 Å². The van der Waals surface area contributed by atoms with Crippen LogP contribution in [0.2, 0.25) is 0 Å². The smallest absolute Gasteiger partial charge is 0.443 e. The summed E-state index contributed by atoms with van der Waals surface area (Å²) in [6.45, 7) is 3.78. The predicted octanol–water partition coefficient (Wildman–Crippen LogP) is 1.98. The molecule has 0 saturated carbocycles. The highest BCUT2D eigenvalue weighted by atomic mass is 19.4. The van der Waals surface area contributed by atoms with Crippen molar-refractivity contribution in [3.05, 3.63) is 12.2 Å². The fourth-order valence-corrected chi connectivity index (χ4v) is 1.30. The predicted molar refractivity (Wildman–Crippen MR) is 46.7 cm³/mol. The highest BCUT2D eigenvalue weighted by molar-refractivity contribution is 5.87. The number of ether oxygens (including phenoxy) is 2. The largest absolute Gasteiger partial charge is 0.450 e. The molecule has 1 aliphatic rings. The number of hydrogen-bond donors (Lipinski definition) is 1. The molecule has 0 spiro atoms. The van der Waals surface area contributed by atoms with E-state index in [1.165, 1.54) is 0 Å². The van der Waals surface area contributed by atoms with Gasteiger partial charge in [0.05, 0.1) is 0 Å². The maximum absolute atomic E-state index is 13.4. The molecule has 0 bridgehead atoms. The number of carbonyl (C=O) groups excluding carboxylic acids is 1. The molecule has 1 N–H and O–H groups in total. The Balaban J connectivity index is 3.26. The van der Waals surface area contributed by atoms with Gasteiger partial charge in [-0.25, -0.2) is 4.79 Å². The van der Waals surface area contributed by atoms with Crippen LogP contribution in [0.1, 0.15) is 6.92 Å². The first kappa shape index (κ1) is 16.7. The molecule has 0 aromatic carbocycles. The Morgan fingerprint density at radius 1 is 1.30 bits per heavy atom. The van der Waals surface area contributed by atoms with E-state index in [1.54, 1.807) is 0 Å². The third-order valence-corrected chi connectivity index (χ3v) is 2.33. The Bertz CT molecular complexity index is 444. The molecule has 1 aliphatic heterocycles. The lowest BCUT2D eigenvalue weighted by atomic mass is 10.1. The molecule has 0 aliphatic carbocycles. The van der Waals surface area contributed by atoms with Gasteiger partial charge in [0.25, 0.3) is 6.10 Å². The van der Waals surface area contributed by atoms with Crippen LogP contribution in [0.25, 0.3) is 0 Å². The minimum absolute atomic E-state index is 0.612. The highest BCUT2D eigenvalue weighted by Crippen LogP contribution is 2.56. The molecule has 1 heterocycles. The van der Waals surface area contributed by atoms with Crippen LogP contribution in [-0.2, 0) is 14.3 Å². The van der Waals surface area contributed by atoms with E-state index in [2.05, 4.69) is 16.1 Å². The van der Waals surface area contributed by atoms with E-state index in [0.29, 0.717) is 0 Å². The van der Waals surface area contributed by atoms with E-state index >= 15 is 0 Å². The summed E-state index contributed by atoms with van der Waals surface area (Å²) < 4.78 is 96.2. The quantitative estimate of drug-likeness (QED) is 0.481. The Morgan fingerprint density at radius 3 is 2.05 bits per heavy atom. The SMILES string of the molecule is C=C(C)C(=O)OC1C(F)(F)OC(O)(C(F)(F)F)C1(F)F. The van der Waals surface area contributed by atoms with Crippen LogP contribution in [0.3, 0.4) is 0 Å². The molecule has 2 unspecified atom stereocenters. The number of rotatable bonds is 2. The third-order valence-electron chi connectivity index (χ3n) is 2.33. The van der Waals surface area contributed by atoms with Gasteiger partial charge in [-0.05, 0) is 6.92 Å². The molecule has 11 heteroatoms. The molecule has 20 heavy (non-hydrogen) atoms. The van der Waals surface area contributed by atoms with Crippen LogP contribution in [0.4, 0.5) is 30.7 Å². The van der Waals surface area contributed by atoms with Crippen molar-refractivity contribution in [1.82, 2.24) is 0 Å². The van der Waals surface area contributed by atoms with Crippen molar-refractivity contribution in [3.8, 4) is 0 Å². The molecule has 0 aromatic rings. The molecule has 0 aromatic heterocycles. The van der Waals surface area contributed by atoms with Gasteiger partial charge < -0.3 is 9.84 Å². The summed E-state index contributed by atoms with van der Waals surface area (Å²) >= 11 is 0. The van der Waals surface area contributed by atoms with Crippen molar-refractivity contribution in [2.75, 3.05) is 0 Å². The lowest BCUT2D eigenvalue weighted by molar-refractivity contribution is -0.433. The van der Waals surface area contributed by atoms with Gasteiger partial charge in [-0.15, -0.1) is 0 Å². The number of aliphatic hydroxyl groups is 1. The lowest BCUT2D eigenvalue weighted by Crippen LogP contribution is -2.59. The molecule has 0 radical (unpaired) electrons. The first-order valence-corrected chi connectivity index (χ1v) is 4.78. The minimum atomic E-state index is -6.25.